The molecule has 9 nitrogen and oxygen atoms in total. The molecule has 216 valence electrons. The highest BCUT2D eigenvalue weighted by molar-refractivity contribution is 7.15. The number of nitrogens with zero attached hydrogens (tertiary/aromatic N) is 4. The van der Waals surface area contributed by atoms with Crippen LogP contribution in [0.25, 0.3) is 0 Å². The van der Waals surface area contributed by atoms with E-state index in [-0.39, 0.29) is 24.6 Å². The number of amides is 2. The van der Waals surface area contributed by atoms with Gasteiger partial charge in [0.25, 0.3) is 0 Å². The zero-order chi connectivity index (χ0) is 29.7. The van der Waals surface area contributed by atoms with E-state index < -0.39 is 18.0 Å². The molecular weight excluding hydrogens is 557 g/mol. The van der Waals surface area contributed by atoms with Crippen molar-refractivity contribution >= 4 is 34.1 Å². The van der Waals surface area contributed by atoms with Gasteiger partial charge in [0.2, 0.25) is 16.9 Å². The van der Waals surface area contributed by atoms with Gasteiger partial charge in [-0.15, -0.1) is 28.5 Å². The molecule has 0 atom stereocenters. The van der Waals surface area contributed by atoms with E-state index >= 15 is 0 Å². The minimum absolute atomic E-state index is 0.154. The van der Waals surface area contributed by atoms with Gasteiger partial charge in [-0.1, -0.05) is 54.4 Å². The van der Waals surface area contributed by atoms with Crippen molar-refractivity contribution in [2.24, 2.45) is 0 Å². The third-order valence-electron chi connectivity index (χ3n) is 5.29. The molecule has 0 saturated heterocycles. The van der Waals surface area contributed by atoms with Gasteiger partial charge in [0.05, 0.1) is 18.5 Å². The van der Waals surface area contributed by atoms with Gasteiger partial charge in [-0.25, -0.2) is 0 Å². The Balaban J connectivity index is 1.36. The van der Waals surface area contributed by atoms with Crippen LogP contribution in [0.1, 0.15) is 42.5 Å². The molecule has 2 heterocycles. The zero-order valence-electron chi connectivity index (χ0n) is 22.3. The van der Waals surface area contributed by atoms with E-state index in [1.165, 1.54) is 23.5 Å². The molecule has 2 amide bonds. The van der Waals surface area contributed by atoms with Crippen molar-refractivity contribution in [1.29, 1.82) is 0 Å². The second kappa shape index (κ2) is 15.4. The number of halogens is 3. The first-order valence-corrected chi connectivity index (χ1v) is 13.5. The van der Waals surface area contributed by atoms with Crippen molar-refractivity contribution in [3.8, 4) is 5.75 Å². The van der Waals surface area contributed by atoms with E-state index in [2.05, 4.69) is 42.3 Å². The number of aryl methyl sites for hydroxylation is 2. The molecule has 0 aliphatic rings. The van der Waals surface area contributed by atoms with E-state index in [1.807, 2.05) is 25.2 Å². The Morgan fingerprint density at radius 1 is 1.00 bits per heavy atom. The molecule has 2 N–H and O–H groups in total. The number of hydrogen-bond donors (Lipinski definition) is 2. The van der Waals surface area contributed by atoms with Crippen LogP contribution in [-0.4, -0.2) is 38.6 Å². The second-order valence-electron chi connectivity index (χ2n) is 8.81. The molecular formula is C28H29F3N6O3S. The Morgan fingerprint density at radius 2 is 1.80 bits per heavy atom. The summed E-state index contributed by atoms with van der Waals surface area (Å²) in [5.74, 6) is -0.806. The van der Waals surface area contributed by atoms with Crippen LogP contribution in [0.3, 0.4) is 0 Å². The van der Waals surface area contributed by atoms with Crippen LogP contribution in [0.5, 0.6) is 5.75 Å². The number of aromatic nitrogens is 4. The lowest BCUT2D eigenvalue weighted by Gasteiger charge is -2.10. The maximum atomic E-state index is 12.4. The first-order chi connectivity index (χ1) is 19.6. The monoisotopic (exact) mass is 586 g/mol. The first kappa shape index (κ1) is 31.1. The summed E-state index contributed by atoms with van der Waals surface area (Å²) in [6, 6.07) is 8.60. The molecule has 0 unspecified atom stereocenters. The smallest absolute Gasteiger partial charge is 0.406 e. The van der Waals surface area contributed by atoms with Crippen molar-refractivity contribution in [1.82, 2.24) is 20.4 Å². The van der Waals surface area contributed by atoms with E-state index in [1.54, 1.807) is 18.2 Å². The predicted octanol–water partition coefficient (Wildman–Crippen LogP) is 5.99. The lowest BCUT2D eigenvalue weighted by molar-refractivity contribution is -0.274. The van der Waals surface area contributed by atoms with Gasteiger partial charge in [-0.2, -0.15) is 5.10 Å². The molecule has 2 aromatic heterocycles. The Morgan fingerprint density at radius 3 is 2.54 bits per heavy atom. The SMILES string of the molecule is C=C(/C=C\C=C/C)CC(=O)Nc1nnc(CCCCc2ccc(NC(=O)Cc3cccc(OC(F)(F)F)c3)nn2)s1. The fourth-order valence-corrected chi connectivity index (χ4v) is 4.30. The van der Waals surface area contributed by atoms with Crippen molar-refractivity contribution in [2.45, 2.75) is 51.8 Å². The van der Waals surface area contributed by atoms with E-state index in [9.17, 15) is 22.8 Å². The number of nitrogens with one attached hydrogen (secondary N) is 2. The summed E-state index contributed by atoms with van der Waals surface area (Å²) < 4.78 is 41.1. The van der Waals surface area contributed by atoms with E-state index in [0.717, 1.165) is 35.7 Å². The van der Waals surface area contributed by atoms with Gasteiger partial charge < -0.3 is 15.4 Å². The minimum atomic E-state index is -4.81. The standard InChI is InChI=1S/C28H29F3N6O3S/c1-3-4-5-9-19(2)16-24(38)33-27-37-36-26(41-27)13-7-6-11-21-14-15-23(35-34-21)32-25(39)18-20-10-8-12-22(17-20)40-28(29,30)31/h3-5,8-10,12,14-15,17H,2,6-7,11,13,16,18H2,1H3,(H,32,35,39)(H,33,37,38)/b4-3-,9-5-. The Hall–Kier alpha value is -4.39. The number of carbonyl (C=O) groups excluding carboxylic acids is 2. The molecule has 3 rings (SSSR count). The number of ether oxygens (including phenoxy) is 1. The summed E-state index contributed by atoms with van der Waals surface area (Å²) in [6.07, 6.45) is 5.56. The quantitative estimate of drug-likeness (QED) is 0.176. The van der Waals surface area contributed by atoms with Crippen molar-refractivity contribution in [2.75, 3.05) is 10.6 Å². The molecule has 0 radical (unpaired) electrons. The lowest BCUT2D eigenvalue weighted by atomic mass is 10.1. The number of alkyl halides is 3. The van der Waals surface area contributed by atoms with Crippen LogP contribution >= 0.6 is 11.3 Å². The van der Waals surface area contributed by atoms with Gasteiger partial charge >= 0.3 is 6.36 Å². The minimum Gasteiger partial charge on any atom is -0.406 e. The Bertz CT molecular complexity index is 1390. The lowest BCUT2D eigenvalue weighted by Crippen LogP contribution is -2.18. The van der Waals surface area contributed by atoms with Gasteiger partial charge in [-0.3, -0.25) is 9.59 Å². The van der Waals surface area contributed by atoms with Gasteiger partial charge in [0.15, 0.2) is 5.82 Å². The maximum Gasteiger partial charge on any atom is 0.573 e. The average Bonchev–Trinajstić information content (AvgIpc) is 3.33. The van der Waals surface area contributed by atoms with Crippen molar-refractivity contribution in [3.63, 3.8) is 0 Å². The van der Waals surface area contributed by atoms with Crippen LogP contribution < -0.4 is 15.4 Å². The van der Waals surface area contributed by atoms with E-state index in [4.69, 9.17) is 0 Å². The zero-order valence-corrected chi connectivity index (χ0v) is 23.1. The fourth-order valence-electron chi connectivity index (χ4n) is 3.50. The largest absolute Gasteiger partial charge is 0.573 e. The number of hydrogen-bond acceptors (Lipinski definition) is 8. The Kier molecular flexibility index (Phi) is 11.7. The average molecular weight is 587 g/mol. The van der Waals surface area contributed by atoms with Gasteiger partial charge in [0.1, 0.15) is 10.8 Å². The molecule has 3 aromatic rings. The summed E-state index contributed by atoms with van der Waals surface area (Å²) in [5.41, 5.74) is 1.79. The fraction of sp³-hybridized carbons (Fsp3) is 0.286. The highest BCUT2D eigenvalue weighted by Crippen LogP contribution is 2.23. The molecule has 13 heteroatoms. The summed E-state index contributed by atoms with van der Waals surface area (Å²) >= 11 is 1.33. The molecule has 0 saturated carbocycles. The van der Waals surface area contributed by atoms with Gasteiger partial charge in [0, 0.05) is 6.42 Å². The maximum absolute atomic E-state index is 12.4. The highest BCUT2D eigenvalue weighted by atomic mass is 32.1. The topological polar surface area (TPSA) is 119 Å². The molecule has 0 fully saturated rings. The summed E-state index contributed by atoms with van der Waals surface area (Å²) in [6.45, 7) is 5.76. The predicted molar refractivity (Wildman–Crippen MR) is 150 cm³/mol. The molecule has 1 aromatic carbocycles. The van der Waals surface area contributed by atoms with E-state index in [0.29, 0.717) is 29.1 Å². The van der Waals surface area contributed by atoms with Crippen molar-refractivity contribution in [3.05, 3.63) is 89.1 Å². The van der Waals surface area contributed by atoms with Gasteiger partial charge in [-0.05, 0) is 61.6 Å². The number of rotatable bonds is 14. The third-order valence-corrected chi connectivity index (χ3v) is 6.19. The highest BCUT2D eigenvalue weighted by Gasteiger charge is 2.31. The first-order valence-electron chi connectivity index (χ1n) is 12.7. The molecule has 0 spiro atoms. The molecule has 0 aliphatic carbocycles. The van der Waals surface area contributed by atoms with Crippen LogP contribution in [0.2, 0.25) is 0 Å². The van der Waals surface area contributed by atoms with Crippen LogP contribution in [0, 0.1) is 0 Å². The van der Waals surface area contributed by atoms with Crippen LogP contribution in [0.4, 0.5) is 24.1 Å². The summed E-state index contributed by atoms with van der Waals surface area (Å²) in [7, 11) is 0. The summed E-state index contributed by atoms with van der Waals surface area (Å²) in [5, 5.41) is 22.9. The number of benzene rings is 1. The number of anilines is 2. The van der Waals surface area contributed by atoms with Crippen LogP contribution in [0.15, 0.2) is 72.9 Å². The molecule has 0 aliphatic heterocycles. The number of allylic oxidation sites excluding steroid dienone is 4. The number of unbranched alkanes of at least 4 members (excludes halogenated alkanes) is 1. The van der Waals surface area contributed by atoms with Crippen LogP contribution in [-0.2, 0) is 28.9 Å². The molecule has 0 bridgehead atoms. The summed E-state index contributed by atoms with van der Waals surface area (Å²) in [4.78, 5) is 24.4. The number of carbonyl (C=O) groups is 2. The molecule has 41 heavy (non-hydrogen) atoms. The normalized spacial score (nSPS) is 11.6. The second-order valence-corrected chi connectivity index (χ2v) is 9.87. The Labute approximate surface area is 239 Å². The van der Waals surface area contributed by atoms with Crippen molar-refractivity contribution < 1.29 is 27.5 Å². The third kappa shape index (κ3) is 12.1.